The van der Waals surface area contributed by atoms with Gasteiger partial charge in [0.05, 0.1) is 13.0 Å². The average molecular weight is 166 g/mol. The van der Waals surface area contributed by atoms with E-state index < -0.39 is 0 Å². The van der Waals surface area contributed by atoms with Crippen LogP contribution in [-0.2, 0) is 9.53 Å². The summed E-state index contributed by atoms with van der Waals surface area (Å²) in [5.41, 5.74) is 1.38. The largest absolute Gasteiger partial charge is 0.469 e. The van der Waals surface area contributed by atoms with Gasteiger partial charge in [-0.3, -0.25) is 4.79 Å². The Bertz CT molecular complexity index is 265. The predicted molar refractivity (Wildman–Crippen MR) is 45.4 cm³/mol. The monoisotopic (exact) mass is 166 g/mol. The lowest BCUT2D eigenvalue weighted by Crippen LogP contribution is -2.28. The van der Waals surface area contributed by atoms with Crippen LogP contribution >= 0.6 is 0 Å². The molecule has 2 nitrogen and oxygen atoms in total. The van der Waals surface area contributed by atoms with Gasteiger partial charge in [-0.05, 0) is 17.3 Å². The Morgan fingerprint density at radius 3 is 2.50 bits per heavy atom. The van der Waals surface area contributed by atoms with Crippen LogP contribution in [0, 0.1) is 23.2 Å². The van der Waals surface area contributed by atoms with E-state index in [1.165, 1.54) is 7.11 Å². The predicted octanol–water partition coefficient (Wildman–Crippen LogP) is 1.62. The van der Waals surface area contributed by atoms with Gasteiger partial charge in [0.25, 0.3) is 0 Å². The van der Waals surface area contributed by atoms with Gasteiger partial charge in [-0.25, -0.2) is 0 Å². The Morgan fingerprint density at radius 2 is 2.17 bits per heavy atom. The number of carbonyl (C=O) groups excluding carboxylic acids is 1. The van der Waals surface area contributed by atoms with E-state index in [1.807, 2.05) is 0 Å². The summed E-state index contributed by atoms with van der Waals surface area (Å²) in [6.45, 7) is 8.31. The molecule has 0 N–H and O–H groups in total. The lowest BCUT2D eigenvalue weighted by Gasteiger charge is -2.24. The molecule has 0 spiro atoms. The van der Waals surface area contributed by atoms with Crippen LogP contribution in [0.25, 0.3) is 0 Å². The van der Waals surface area contributed by atoms with E-state index in [0.29, 0.717) is 17.3 Å². The van der Waals surface area contributed by atoms with E-state index >= 15 is 0 Å². The summed E-state index contributed by atoms with van der Waals surface area (Å²) >= 11 is 0. The van der Waals surface area contributed by atoms with Crippen LogP contribution in [0.1, 0.15) is 13.8 Å². The first-order chi connectivity index (χ1) is 5.51. The van der Waals surface area contributed by atoms with E-state index in [-0.39, 0.29) is 11.9 Å². The van der Waals surface area contributed by atoms with Crippen molar-refractivity contribution in [1.29, 1.82) is 0 Å². The Hall–Kier alpha value is -0.790. The number of hydrogen-bond donors (Lipinski definition) is 0. The number of carbonyl (C=O) groups is 1. The average Bonchev–Trinajstić information content (AvgIpc) is 2.47. The smallest absolute Gasteiger partial charge is 0.313 e. The fourth-order valence-corrected chi connectivity index (χ4v) is 2.74. The first-order valence-electron chi connectivity index (χ1n) is 4.28. The summed E-state index contributed by atoms with van der Waals surface area (Å²) < 4.78 is 4.72. The minimum Gasteiger partial charge on any atom is -0.469 e. The third-order valence-electron chi connectivity index (χ3n) is 3.52. The highest BCUT2D eigenvalue weighted by atomic mass is 16.5. The molecule has 0 aromatic heterocycles. The Morgan fingerprint density at radius 1 is 1.58 bits per heavy atom. The van der Waals surface area contributed by atoms with Crippen molar-refractivity contribution in [2.45, 2.75) is 13.8 Å². The zero-order valence-electron chi connectivity index (χ0n) is 7.76. The van der Waals surface area contributed by atoms with Crippen LogP contribution in [0.3, 0.4) is 0 Å². The van der Waals surface area contributed by atoms with Crippen LogP contribution in [0.4, 0.5) is 0 Å². The van der Waals surface area contributed by atoms with Gasteiger partial charge in [0.15, 0.2) is 0 Å². The van der Waals surface area contributed by atoms with Crippen LogP contribution in [-0.4, -0.2) is 13.1 Å². The number of ether oxygens (including phenoxy) is 1. The van der Waals surface area contributed by atoms with Crippen LogP contribution < -0.4 is 0 Å². The van der Waals surface area contributed by atoms with E-state index in [2.05, 4.69) is 20.4 Å². The molecule has 2 rings (SSSR count). The van der Waals surface area contributed by atoms with Crippen molar-refractivity contribution in [2.75, 3.05) is 7.11 Å². The van der Waals surface area contributed by atoms with Gasteiger partial charge in [0.2, 0.25) is 0 Å². The highest BCUT2D eigenvalue weighted by molar-refractivity contribution is 5.80. The molecule has 0 unspecified atom stereocenters. The summed E-state index contributed by atoms with van der Waals surface area (Å²) in [6.07, 6.45) is 0. The van der Waals surface area contributed by atoms with Gasteiger partial charge in [-0.1, -0.05) is 26.0 Å². The van der Waals surface area contributed by atoms with Crippen molar-refractivity contribution in [3.8, 4) is 0 Å². The molecule has 2 aliphatic carbocycles. The molecular formula is C10H14O2. The number of hydrogen-bond acceptors (Lipinski definition) is 2. The first kappa shape index (κ1) is 7.84. The second-order valence-electron chi connectivity index (χ2n) is 4.40. The summed E-state index contributed by atoms with van der Waals surface area (Å²) in [5.74, 6) is 0.987. The van der Waals surface area contributed by atoms with Crippen LogP contribution in [0.15, 0.2) is 12.2 Å². The molecule has 0 aliphatic heterocycles. The molecule has 12 heavy (non-hydrogen) atoms. The number of methoxy groups -OCH3 is 1. The number of fused-ring (bicyclic) bond motifs is 1. The van der Waals surface area contributed by atoms with E-state index in [1.54, 1.807) is 0 Å². The maximum Gasteiger partial charge on any atom is 0.313 e. The van der Waals surface area contributed by atoms with Crippen molar-refractivity contribution >= 4 is 5.97 Å². The highest BCUT2D eigenvalue weighted by Crippen LogP contribution is 2.75. The van der Waals surface area contributed by atoms with Crippen molar-refractivity contribution < 1.29 is 9.53 Å². The topological polar surface area (TPSA) is 26.3 Å². The van der Waals surface area contributed by atoms with E-state index in [9.17, 15) is 4.79 Å². The van der Waals surface area contributed by atoms with Gasteiger partial charge in [0.1, 0.15) is 0 Å². The standard InChI is InChI=1S/C10H14O2/c1-5-6(9(11)12-4)8-7(5)10(8,2)3/h6-8H,1H2,2-4H3/t6-,7-,8+/m1/s1. The summed E-state index contributed by atoms with van der Waals surface area (Å²) in [6, 6.07) is 0. The van der Waals surface area contributed by atoms with Gasteiger partial charge in [-0.2, -0.15) is 0 Å². The molecule has 0 radical (unpaired) electrons. The van der Waals surface area contributed by atoms with Crippen molar-refractivity contribution in [3.63, 3.8) is 0 Å². The molecule has 0 amide bonds. The zero-order chi connectivity index (χ0) is 9.09. The van der Waals surface area contributed by atoms with Gasteiger partial charge < -0.3 is 4.74 Å². The zero-order valence-corrected chi connectivity index (χ0v) is 7.76. The third kappa shape index (κ3) is 0.637. The first-order valence-corrected chi connectivity index (χ1v) is 4.28. The molecule has 0 bridgehead atoms. The van der Waals surface area contributed by atoms with Gasteiger partial charge in [-0.15, -0.1) is 0 Å². The van der Waals surface area contributed by atoms with Crippen molar-refractivity contribution in [3.05, 3.63) is 12.2 Å². The minimum absolute atomic E-state index is 0.00463. The summed E-state index contributed by atoms with van der Waals surface area (Å²) in [7, 11) is 1.44. The molecule has 2 aliphatic rings. The molecule has 66 valence electrons. The molecule has 0 saturated heterocycles. The summed E-state index contributed by atoms with van der Waals surface area (Å²) in [4.78, 5) is 11.2. The number of esters is 1. The molecule has 2 heteroatoms. The Balaban J connectivity index is 2.15. The second-order valence-corrected chi connectivity index (χ2v) is 4.40. The van der Waals surface area contributed by atoms with Crippen molar-refractivity contribution in [1.82, 2.24) is 0 Å². The van der Waals surface area contributed by atoms with E-state index in [0.717, 1.165) is 5.57 Å². The maximum atomic E-state index is 11.2. The quantitative estimate of drug-likeness (QED) is 0.437. The molecule has 3 atom stereocenters. The fraction of sp³-hybridized carbons (Fsp3) is 0.700. The highest BCUT2D eigenvalue weighted by Gasteiger charge is 2.73. The molecule has 0 aromatic carbocycles. The molecule has 2 fully saturated rings. The van der Waals surface area contributed by atoms with Crippen molar-refractivity contribution in [2.24, 2.45) is 23.2 Å². The van der Waals surface area contributed by atoms with Gasteiger partial charge >= 0.3 is 5.97 Å². The third-order valence-corrected chi connectivity index (χ3v) is 3.52. The molecular weight excluding hydrogens is 152 g/mol. The lowest BCUT2D eigenvalue weighted by atomic mass is 9.81. The van der Waals surface area contributed by atoms with E-state index in [4.69, 9.17) is 4.74 Å². The molecule has 0 heterocycles. The summed E-state index contributed by atoms with van der Waals surface area (Å²) in [5, 5.41) is 0. The number of rotatable bonds is 1. The Labute approximate surface area is 72.6 Å². The molecule has 0 aromatic rings. The normalized spacial score (nSPS) is 41.2. The second kappa shape index (κ2) is 1.93. The van der Waals surface area contributed by atoms with Crippen LogP contribution in [0.2, 0.25) is 0 Å². The minimum atomic E-state index is -0.105. The molecule has 2 saturated carbocycles. The fourth-order valence-electron chi connectivity index (χ4n) is 2.74. The maximum absolute atomic E-state index is 11.2. The Kier molecular flexibility index (Phi) is 1.26. The van der Waals surface area contributed by atoms with Crippen LogP contribution in [0.5, 0.6) is 0 Å². The van der Waals surface area contributed by atoms with Gasteiger partial charge in [0, 0.05) is 0 Å². The SMILES string of the molecule is C=C1[C@@H](C(=O)OC)[C@H]2[C@@H]1C2(C)C. The lowest BCUT2D eigenvalue weighted by molar-refractivity contribution is -0.146.